The molecule has 2 N–H and O–H groups in total. The minimum absolute atomic E-state index is 0.0373. The highest BCUT2D eigenvalue weighted by Gasteiger charge is 2.29. The van der Waals surface area contributed by atoms with Crippen LogP contribution in [0.15, 0.2) is 53.4 Å². The maximum absolute atomic E-state index is 12.5. The fourth-order valence-electron chi connectivity index (χ4n) is 2.69. The summed E-state index contributed by atoms with van der Waals surface area (Å²) in [5.74, 6) is 0.697. The summed E-state index contributed by atoms with van der Waals surface area (Å²) in [4.78, 5) is 25.4. The van der Waals surface area contributed by atoms with Crippen LogP contribution in [0.25, 0.3) is 0 Å². The monoisotopic (exact) mass is 382 g/mol. The number of hydrogen-bond acceptors (Lipinski definition) is 3. The number of hydrogen-bond donors (Lipinski definition) is 2. The molecule has 0 aliphatic heterocycles. The van der Waals surface area contributed by atoms with Crippen molar-refractivity contribution >= 4 is 35.0 Å². The zero-order valence-electron chi connectivity index (χ0n) is 16.0. The summed E-state index contributed by atoms with van der Waals surface area (Å²) < 4.78 is 0. The van der Waals surface area contributed by atoms with Crippen LogP contribution >= 0.6 is 11.8 Å². The average Bonchev–Trinajstić information content (AvgIpc) is 3.47. The molecule has 0 radical (unpaired) electrons. The van der Waals surface area contributed by atoms with Gasteiger partial charge in [-0.3, -0.25) is 9.59 Å². The molecule has 3 rings (SSSR count). The predicted octanol–water partition coefficient (Wildman–Crippen LogP) is 5.28. The second kappa shape index (κ2) is 8.61. The Morgan fingerprint density at radius 3 is 2.30 bits per heavy atom. The fraction of sp³-hybridized carbons (Fsp3) is 0.364. The number of rotatable bonds is 7. The van der Waals surface area contributed by atoms with Gasteiger partial charge in [0.2, 0.25) is 11.8 Å². The molecule has 0 aromatic heterocycles. The van der Waals surface area contributed by atoms with Crippen molar-refractivity contribution in [3.63, 3.8) is 0 Å². The topological polar surface area (TPSA) is 58.2 Å². The van der Waals surface area contributed by atoms with E-state index in [1.165, 1.54) is 17.3 Å². The van der Waals surface area contributed by atoms with Crippen LogP contribution in [0.2, 0.25) is 0 Å². The summed E-state index contributed by atoms with van der Waals surface area (Å²) >= 11 is 1.48. The van der Waals surface area contributed by atoms with Gasteiger partial charge in [0.25, 0.3) is 0 Å². The van der Waals surface area contributed by atoms with Gasteiger partial charge in [-0.2, -0.15) is 0 Å². The molecule has 1 saturated carbocycles. The lowest BCUT2D eigenvalue weighted by Gasteiger charge is -2.14. The van der Waals surface area contributed by atoms with E-state index in [-0.39, 0.29) is 23.0 Å². The fourth-order valence-corrected chi connectivity index (χ4v) is 3.62. The number of carbonyl (C=O) groups is 2. The van der Waals surface area contributed by atoms with Crippen LogP contribution in [0.1, 0.15) is 45.1 Å². The molecule has 27 heavy (non-hydrogen) atoms. The maximum Gasteiger partial charge on any atom is 0.237 e. The molecule has 1 aliphatic carbocycles. The lowest BCUT2D eigenvalue weighted by Crippen LogP contribution is -2.22. The summed E-state index contributed by atoms with van der Waals surface area (Å²) in [7, 11) is 0. The molecule has 0 saturated heterocycles. The molecule has 1 atom stereocenters. The van der Waals surface area contributed by atoms with Crippen LogP contribution in [0, 0.1) is 5.92 Å². The Labute approximate surface area is 165 Å². The van der Waals surface area contributed by atoms with Crippen LogP contribution in [0.4, 0.5) is 11.4 Å². The van der Waals surface area contributed by atoms with Gasteiger partial charge in [0, 0.05) is 22.2 Å². The van der Waals surface area contributed by atoms with Gasteiger partial charge >= 0.3 is 0 Å². The van der Waals surface area contributed by atoms with Crippen molar-refractivity contribution in [3.05, 3.63) is 54.1 Å². The Balaban J connectivity index is 1.56. The van der Waals surface area contributed by atoms with E-state index < -0.39 is 0 Å². The van der Waals surface area contributed by atoms with E-state index in [0.717, 1.165) is 29.1 Å². The Bertz CT molecular complexity index is 813. The van der Waals surface area contributed by atoms with Crippen molar-refractivity contribution in [1.29, 1.82) is 0 Å². The standard InChI is InChI=1S/C22H26N2O2S/c1-14(2)16-9-11-18(12-10-16)23-21(25)15(3)27-20-6-4-5-19(13-20)24-22(26)17-7-8-17/h4-6,9-15,17H,7-8H2,1-3H3,(H,23,25)(H,24,26). The summed E-state index contributed by atoms with van der Waals surface area (Å²) in [6.45, 7) is 6.18. The summed E-state index contributed by atoms with van der Waals surface area (Å²) in [5.41, 5.74) is 2.84. The van der Waals surface area contributed by atoms with Crippen LogP contribution in [-0.4, -0.2) is 17.1 Å². The highest BCUT2D eigenvalue weighted by Crippen LogP contribution is 2.31. The molecule has 1 aliphatic rings. The minimum Gasteiger partial charge on any atom is -0.326 e. The second-order valence-corrected chi connectivity index (χ2v) is 8.73. The van der Waals surface area contributed by atoms with Crippen LogP contribution in [0.5, 0.6) is 0 Å². The van der Waals surface area contributed by atoms with Gasteiger partial charge in [-0.1, -0.05) is 32.0 Å². The zero-order chi connectivity index (χ0) is 19.4. The normalized spacial score (nSPS) is 14.7. The molecule has 2 aromatic carbocycles. The molecular weight excluding hydrogens is 356 g/mol. The maximum atomic E-state index is 12.5. The number of thioether (sulfide) groups is 1. The SMILES string of the molecule is CC(Sc1cccc(NC(=O)C2CC2)c1)C(=O)Nc1ccc(C(C)C)cc1. The predicted molar refractivity (Wildman–Crippen MR) is 112 cm³/mol. The quantitative estimate of drug-likeness (QED) is 0.641. The van der Waals surface area contributed by atoms with Crippen molar-refractivity contribution < 1.29 is 9.59 Å². The first-order chi connectivity index (χ1) is 12.9. The van der Waals surface area contributed by atoms with E-state index in [1.54, 1.807) is 0 Å². The minimum atomic E-state index is -0.246. The van der Waals surface area contributed by atoms with E-state index in [9.17, 15) is 9.59 Å². The summed E-state index contributed by atoms with van der Waals surface area (Å²) in [5, 5.41) is 5.67. The van der Waals surface area contributed by atoms with E-state index in [0.29, 0.717) is 5.92 Å². The number of carbonyl (C=O) groups excluding carboxylic acids is 2. The smallest absolute Gasteiger partial charge is 0.237 e. The van der Waals surface area contributed by atoms with Gasteiger partial charge in [0.15, 0.2) is 0 Å². The average molecular weight is 383 g/mol. The molecule has 0 heterocycles. The van der Waals surface area contributed by atoms with Gasteiger partial charge in [-0.05, 0) is 61.6 Å². The Morgan fingerprint density at radius 2 is 1.67 bits per heavy atom. The molecule has 2 amide bonds. The zero-order valence-corrected chi connectivity index (χ0v) is 16.8. The Hall–Kier alpha value is -2.27. The van der Waals surface area contributed by atoms with E-state index in [1.807, 2.05) is 55.5 Å². The number of benzene rings is 2. The molecule has 0 bridgehead atoms. The summed E-state index contributed by atoms with van der Waals surface area (Å²) in [6.07, 6.45) is 1.96. The molecule has 142 valence electrons. The number of anilines is 2. The largest absolute Gasteiger partial charge is 0.326 e. The lowest BCUT2D eigenvalue weighted by molar-refractivity contribution is -0.117. The van der Waals surface area contributed by atoms with Crippen LogP contribution in [0.3, 0.4) is 0 Å². The van der Waals surface area contributed by atoms with Crippen molar-refractivity contribution in [1.82, 2.24) is 0 Å². The van der Waals surface area contributed by atoms with Gasteiger partial charge < -0.3 is 10.6 Å². The van der Waals surface area contributed by atoms with E-state index >= 15 is 0 Å². The molecule has 1 fully saturated rings. The first-order valence-corrected chi connectivity index (χ1v) is 10.3. The Kier molecular flexibility index (Phi) is 6.22. The molecule has 0 spiro atoms. The van der Waals surface area contributed by atoms with Crippen molar-refractivity contribution in [2.24, 2.45) is 5.92 Å². The third kappa shape index (κ3) is 5.60. The van der Waals surface area contributed by atoms with Crippen LogP contribution < -0.4 is 10.6 Å². The van der Waals surface area contributed by atoms with E-state index in [2.05, 4.69) is 24.5 Å². The first kappa shape index (κ1) is 19.5. The number of amides is 2. The third-order valence-corrected chi connectivity index (χ3v) is 5.67. The van der Waals surface area contributed by atoms with Crippen LogP contribution in [-0.2, 0) is 9.59 Å². The highest BCUT2D eigenvalue weighted by molar-refractivity contribution is 8.00. The van der Waals surface area contributed by atoms with Crippen molar-refractivity contribution in [2.75, 3.05) is 10.6 Å². The molecule has 1 unspecified atom stereocenters. The second-order valence-electron chi connectivity index (χ2n) is 7.32. The Morgan fingerprint density at radius 1 is 0.963 bits per heavy atom. The van der Waals surface area contributed by atoms with Gasteiger partial charge in [0.05, 0.1) is 5.25 Å². The van der Waals surface area contributed by atoms with Gasteiger partial charge in [-0.15, -0.1) is 11.8 Å². The number of nitrogens with one attached hydrogen (secondary N) is 2. The molecule has 2 aromatic rings. The van der Waals surface area contributed by atoms with Gasteiger partial charge in [-0.25, -0.2) is 0 Å². The molecular formula is C22H26N2O2S. The van der Waals surface area contributed by atoms with Crippen molar-refractivity contribution in [2.45, 2.75) is 49.7 Å². The first-order valence-electron chi connectivity index (χ1n) is 9.41. The lowest BCUT2D eigenvalue weighted by atomic mass is 10.0. The van der Waals surface area contributed by atoms with Crippen molar-refractivity contribution in [3.8, 4) is 0 Å². The molecule has 5 heteroatoms. The third-order valence-electron chi connectivity index (χ3n) is 4.58. The molecule has 4 nitrogen and oxygen atoms in total. The van der Waals surface area contributed by atoms with E-state index in [4.69, 9.17) is 0 Å². The van der Waals surface area contributed by atoms with Gasteiger partial charge in [0.1, 0.15) is 0 Å². The summed E-state index contributed by atoms with van der Waals surface area (Å²) in [6, 6.07) is 15.6. The highest BCUT2D eigenvalue weighted by atomic mass is 32.2.